The Labute approximate surface area is 140 Å². The Bertz CT molecular complexity index is 897. The Morgan fingerprint density at radius 1 is 1.21 bits per heavy atom. The van der Waals surface area contributed by atoms with Crippen molar-refractivity contribution in [2.75, 3.05) is 11.1 Å². The molecule has 2 aromatic carbocycles. The molecule has 0 bridgehead atoms. The number of sulfone groups is 1. The zero-order valence-corrected chi connectivity index (χ0v) is 13.8. The van der Waals surface area contributed by atoms with Crippen LogP contribution in [0.3, 0.4) is 0 Å². The molecule has 0 aromatic heterocycles. The Morgan fingerprint density at radius 3 is 2.50 bits per heavy atom. The summed E-state index contributed by atoms with van der Waals surface area (Å²) in [5.41, 5.74) is 1.93. The van der Waals surface area contributed by atoms with Gasteiger partial charge in [-0.05, 0) is 42.3 Å². The van der Waals surface area contributed by atoms with Gasteiger partial charge in [-0.2, -0.15) is 5.26 Å². The minimum atomic E-state index is -3.67. The monoisotopic (exact) mass is 344 g/mol. The number of nitrogens with one attached hydrogen (secondary N) is 1. The number of benzene rings is 2. The maximum absolute atomic E-state index is 12.1. The van der Waals surface area contributed by atoms with Crippen molar-refractivity contribution in [3.63, 3.8) is 0 Å². The van der Waals surface area contributed by atoms with E-state index < -0.39 is 21.5 Å². The van der Waals surface area contributed by atoms with Gasteiger partial charge in [0.15, 0.2) is 9.84 Å². The molecule has 0 aliphatic rings. The molecule has 0 unspecified atom stereocenters. The van der Waals surface area contributed by atoms with Crippen LogP contribution in [0.4, 0.5) is 5.69 Å². The van der Waals surface area contributed by atoms with Crippen molar-refractivity contribution in [2.45, 2.75) is 12.7 Å². The summed E-state index contributed by atoms with van der Waals surface area (Å²) in [7, 11) is -3.67. The lowest BCUT2D eigenvalue weighted by molar-refractivity contribution is -0.113. The van der Waals surface area contributed by atoms with E-state index in [1.54, 1.807) is 31.2 Å². The number of anilines is 1. The number of nitriles is 1. The normalized spacial score (nSPS) is 10.8. The van der Waals surface area contributed by atoms with E-state index in [0.29, 0.717) is 11.1 Å². The van der Waals surface area contributed by atoms with Gasteiger partial charge in [-0.25, -0.2) is 8.42 Å². The van der Waals surface area contributed by atoms with Gasteiger partial charge in [0.1, 0.15) is 11.5 Å². The predicted molar refractivity (Wildman–Crippen MR) is 90.1 cm³/mol. The highest BCUT2D eigenvalue weighted by Gasteiger charge is 2.18. The average molecular weight is 344 g/mol. The molecule has 0 atom stereocenters. The number of phenolic OH excluding ortho intramolecular Hbond substituents is 1. The van der Waals surface area contributed by atoms with E-state index in [1.807, 2.05) is 6.07 Å². The van der Waals surface area contributed by atoms with Gasteiger partial charge in [0.25, 0.3) is 0 Å². The van der Waals surface area contributed by atoms with Gasteiger partial charge in [-0.1, -0.05) is 18.2 Å². The molecular formula is C17H16N2O4S. The van der Waals surface area contributed by atoms with Gasteiger partial charge in [0.2, 0.25) is 5.91 Å². The average Bonchev–Trinajstić information content (AvgIpc) is 2.50. The molecule has 124 valence electrons. The number of amides is 1. The third-order valence-corrected chi connectivity index (χ3v) is 4.72. The molecule has 0 spiro atoms. The van der Waals surface area contributed by atoms with E-state index >= 15 is 0 Å². The van der Waals surface area contributed by atoms with Crippen LogP contribution in [0.25, 0.3) is 0 Å². The van der Waals surface area contributed by atoms with Gasteiger partial charge in [-0.3, -0.25) is 4.79 Å². The number of rotatable bonds is 5. The van der Waals surface area contributed by atoms with Crippen LogP contribution in [0.15, 0.2) is 42.5 Å². The lowest BCUT2D eigenvalue weighted by atomic mass is 10.2. The van der Waals surface area contributed by atoms with Crippen LogP contribution in [0, 0.1) is 18.3 Å². The Morgan fingerprint density at radius 2 is 1.88 bits per heavy atom. The first-order valence-electron chi connectivity index (χ1n) is 7.08. The molecule has 0 aliphatic carbocycles. The Hall–Kier alpha value is -2.85. The Kier molecular flexibility index (Phi) is 5.21. The highest BCUT2D eigenvalue weighted by atomic mass is 32.2. The first kappa shape index (κ1) is 17.5. The summed E-state index contributed by atoms with van der Waals surface area (Å²) in [6.45, 7) is 1.79. The first-order valence-corrected chi connectivity index (χ1v) is 8.90. The summed E-state index contributed by atoms with van der Waals surface area (Å²) in [5.74, 6) is -1.84. The fourth-order valence-corrected chi connectivity index (χ4v) is 3.39. The summed E-state index contributed by atoms with van der Waals surface area (Å²) in [5, 5.41) is 20.8. The first-order chi connectivity index (χ1) is 11.3. The third kappa shape index (κ3) is 4.83. The molecule has 0 heterocycles. The van der Waals surface area contributed by atoms with Crippen molar-refractivity contribution >= 4 is 21.4 Å². The van der Waals surface area contributed by atoms with Crippen LogP contribution in [0.2, 0.25) is 0 Å². The molecule has 7 heteroatoms. The molecule has 2 N–H and O–H groups in total. The number of carbonyl (C=O) groups excluding carboxylic acids is 1. The lowest BCUT2D eigenvalue weighted by Gasteiger charge is -2.09. The molecule has 2 rings (SSSR count). The number of carbonyl (C=O) groups is 1. The van der Waals surface area contributed by atoms with E-state index in [2.05, 4.69) is 5.32 Å². The summed E-state index contributed by atoms with van der Waals surface area (Å²) < 4.78 is 24.2. The molecule has 1 amide bonds. The molecule has 0 fully saturated rings. The minimum absolute atomic E-state index is 0.126. The fraction of sp³-hybridized carbons (Fsp3) is 0.176. The van der Waals surface area contributed by atoms with Crippen LogP contribution in [0.5, 0.6) is 5.75 Å². The van der Waals surface area contributed by atoms with Crippen molar-refractivity contribution < 1.29 is 18.3 Å². The van der Waals surface area contributed by atoms with Crippen LogP contribution < -0.4 is 5.32 Å². The molecule has 0 aliphatic heterocycles. The number of hydrogen-bond donors (Lipinski definition) is 2. The van der Waals surface area contributed by atoms with Crippen LogP contribution in [0.1, 0.15) is 16.7 Å². The smallest absolute Gasteiger partial charge is 0.239 e. The zero-order chi connectivity index (χ0) is 17.7. The van der Waals surface area contributed by atoms with Crippen LogP contribution >= 0.6 is 0 Å². The molecule has 0 saturated heterocycles. The highest BCUT2D eigenvalue weighted by molar-refractivity contribution is 7.91. The number of aromatic hydroxyl groups is 1. The van der Waals surface area contributed by atoms with E-state index in [9.17, 15) is 18.3 Å². The maximum Gasteiger partial charge on any atom is 0.239 e. The largest absolute Gasteiger partial charge is 0.506 e. The van der Waals surface area contributed by atoms with Gasteiger partial charge >= 0.3 is 0 Å². The summed E-state index contributed by atoms with van der Waals surface area (Å²) in [6, 6.07) is 12.7. The third-order valence-electron chi connectivity index (χ3n) is 3.25. The molecule has 2 aromatic rings. The lowest BCUT2D eigenvalue weighted by Crippen LogP contribution is -2.24. The molecule has 6 nitrogen and oxygen atoms in total. The van der Waals surface area contributed by atoms with Crippen molar-refractivity contribution in [2.24, 2.45) is 0 Å². The molecule has 0 saturated carbocycles. The number of phenols is 1. The van der Waals surface area contributed by atoms with Crippen LogP contribution in [-0.4, -0.2) is 25.2 Å². The SMILES string of the molecule is Cc1ccc(O)c(NC(=O)CS(=O)(=O)Cc2ccc(C#N)cc2)c1. The van der Waals surface area contributed by atoms with E-state index in [0.717, 1.165) is 5.56 Å². The molecular weight excluding hydrogens is 328 g/mol. The summed E-state index contributed by atoms with van der Waals surface area (Å²) >= 11 is 0. The fourth-order valence-electron chi connectivity index (χ4n) is 2.12. The van der Waals surface area contributed by atoms with Gasteiger partial charge in [0.05, 0.1) is 23.1 Å². The minimum Gasteiger partial charge on any atom is -0.506 e. The molecule has 0 radical (unpaired) electrons. The summed E-state index contributed by atoms with van der Waals surface area (Å²) in [4.78, 5) is 11.9. The Balaban J connectivity index is 2.03. The predicted octanol–water partition coefficient (Wildman–Crippen LogP) is 2.13. The van der Waals surface area contributed by atoms with Gasteiger partial charge in [-0.15, -0.1) is 0 Å². The number of aryl methyl sites for hydroxylation is 1. The zero-order valence-electron chi connectivity index (χ0n) is 13.0. The topological polar surface area (TPSA) is 107 Å². The quantitative estimate of drug-likeness (QED) is 0.808. The van der Waals surface area contributed by atoms with Gasteiger partial charge in [0, 0.05) is 0 Å². The molecule has 24 heavy (non-hydrogen) atoms. The highest BCUT2D eigenvalue weighted by Crippen LogP contribution is 2.23. The van der Waals surface area contributed by atoms with E-state index in [1.165, 1.54) is 18.2 Å². The standard InChI is InChI=1S/C17H16N2O4S/c1-12-2-7-16(20)15(8-12)19-17(21)11-24(22,23)10-14-5-3-13(9-18)4-6-14/h2-8,20H,10-11H2,1H3,(H,19,21). The van der Waals surface area contributed by atoms with Crippen molar-refractivity contribution in [3.8, 4) is 11.8 Å². The van der Waals surface area contributed by atoms with Crippen molar-refractivity contribution in [1.82, 2.24) is 0 Å². The number of nitrogens with zero attached hydrogens (tertiary/aromatic N) is 1. The second kappa shape index (κ2) is 7.15. The second-order valence-electron chi connectivity index (χ2n) is 5.41. The number of hydrogen-bond acceptors (Lipinski definition) is 5. The van der Waals surface area contributed by atoms with E-state index in [-0.39, 0.29) is 17.2 Å². The van der Waals surface area contributed by atoms with Crippen molar-refractivity contribution in [3.05, 3.63) is 59.2 Å². The second-order valence-corrected chi connectivity index (χ2v) is 7.47. The van der Waals surface area contributed by atoms with E-state index in [4.69, 9.17) is 5.26 Å². The van der Waals surface area contributed by atoms with Crippen LogP contribution in [-0.2, 0) is 20.4 Å². The van der Waals surface area contributed by atoms with Crippen molar-refractivity contribution in [1.29, 1.82) is 5.26 Å². The summed E-state index contributed by atoms with van der Waals surface area (Å²) in [6.07, 6.45) is 0. The maximum atomic E-state index is 12.1. The van der Waals surface area contributed by atoms with Gasteiger partial charge < -0.3 is 10.4 Å².